The molecule has 0 saturated carbocycles. The van der Waals surface area contributed by atoms with Crippen LogP contribution < -0.4 is 0 Å². The second kappa shape index (κ2) is 13.3. The van der Waals surface area contributed by atoms with Crippen molar-refractivity contribution in [3.63, 3.8) is 0 Å². The number of benzene rings is 1. The fraction of sp³-hybridized carbons (Fsp3) is 0.318. The van der Waals surface area contributed by atoms with Gasteiger partial charge >= 0.3 is 11.9 Å². The lowest BCUT2D eigenvalue weighted by atomic mass is 10.1. The maximum absolute atomic E-state index is 9.81. The topological polar surface area (TPSA) is 60.7 Å². The van der Waals surface area contributed by atoms with Gasteiger partial charge < -0.3 is 4.74 Å². The Morgan fingerprint density at radius 2 is 1.52 bits per heavy atom. The number of fused-ring (bicyclic) bond motifs is 1. The SMILES string of the molecule is CC.CC.CC(=O)OC(C)=O.Cc1cccc(-c2cc3ccccn3n2)c1. The third kappa shape index (κ3) is 8.81. The molecule has 5 heteroatoms. The molecule has 0 aliphatic rings. The van der Waals surface area contributed by atoms with Crippen molar-refractivity contribution in [3.05, 3.63) is 60.3 Å². The minimum Gasteiger partial charge on any atom is -0.394 e. The van der Waals surface area contributed by atoms with Crippen LogP contribution in [0.1, 0.15) is 47.1 Å². The van der Waals surface area contributed by atoms with E-state index in [1.165, 1.54) is 25.0 Å². The maximum atomic E-state index is 9.81. The summed E-state index contributed by atoms with van der Waals surface area (Å²) >= 11 is 0. The van der Waals surface area contributed by atoms with Crippen molar-refractivity contribution in [3.8, 4) is 11.3 Å². The normalized spacial score (nSPS) is 8.85. The second-order valence-electron chi connectivity index (χ2n) is 5.05. The first-order chi connectivity index (χ1) is 13.0. The second-order valence-corrected chi connectivity index (χ2v) is 5.05. The summed E-state index contributed by atoms with van der Waals surface area (Å²) in [5, 5.41) is 4.54. The summed E-state index contributed by atoms with van der Waals surface area (Å²) in [5.74, 6) is -1.12. The van der Waals surface area contributed by atoms with Crippen LogP contribution in [0.4, 0.5) is 0 Å². The van der Waals surface area contributed by atoms with E-state index in [1.807, 2.05) is 50.5 Å². The standard InChI is InChI=1S/C14H12N2.C4H6O3.2C2H6/c1-11-5-4-6-12(9-11)14-10-13-7-2-3-8-16(13)15-14;1-3(5)7-4(2)6;2*1-2/h2-10H,1H3;1-2H3;2*1-2H3. The van der Waals surface area contributed by atoms with Crippen molar-refractivity contribution in [2.24, 2.45) is 0 Å². The highest BCUT2D eigenvalue weighted by atomic mass is 16.6. The molecule has 0 aliphatic carbocycles. The Hall–Kier alpha value is -2.95. The zero-order chi connectivity index (χ0) is 20.8. The summed E-state index contributed by atoms with van der Waals surface area (Å²) in [7, 11) is 0. The zero-order valence-electron chi connectivity index (χ0n) is 17.3. The van der Waals surface area contributed by atoms with Crippen LogP contribution in [0.25, 0.3) is 16.8 Å². The van der Waals surface area contributed by atoms with E-state index in [2.05, 4.69) is 53.2 Å². The molecule has 2 heterocycles. The van der Waals surface area contributed by atoms with E-state index in [9.17, 15) is 9.59 Å². The largest absolute Gasteiger partial charge is 0.394 e. The average molecular weight is 370 g/mol. The van der Waals surface area contributed by atoms with Crippen LogP contribution in [0.3, 0.4) is 0 Å². The number of aromatic nitrogens is 2. The number of aryl methyl sites for hydroxylation is 1. The molecule has 0 amide bonds. The number of hydrogen-bond acceptors (Lipinski definition) is 4. The van der Waals surface area contributed by atoms with Gasteiger partial charge in [0.25, 0.3) is 0 Å². The van der Waals surface area contributed by atoms with Crippen LogP contribution >= 0.6 is 0 Å². The monoisotopic (exact) mass is 370 g/mol. The molecule has 0 fully saturated rings. The third-order valence-corrected chi connectivity index (χ3v) is 2.97. The lowest BCUT2D eigenvalue weighted by Gasteiger charge is -1.96. The van der Waals surface area contributed by atoms with Crippen molar-refractivity contribution in [1.29, 1.82) is 0 Å². The average Bonchev–Trinajstić information content (AvgIpc) is 3.09. The fourth-order valence-corrected chi connectivity index (χ4v) is 2.09. The summed E-state index contributed by atoms with van der Waals surface area (Å²) in [6.45, 7) is 12.5. The van der Waals surface area contributed by atoms with Crippen LogP contribution in [0.15, 0.2) is 54.7 Å². The van der Waals surface area contributed by atoms with Crippen molar-refractivity contribution in [1.82, 2.24) is 9.61 Å². The summed E-state index contributed by atoms with van der Waals surface area (Å²) < 4.78 is 5.87. The van der Waals surface area contributed by atoms with E-state index < -0.39 is 11.9 Å². The molecule has 5 nitrogen and oxygen atoms in total. The van der Waals surface area contributed by atoms with Gasteiger partial charge in [-0.25, -0.2) is 4.52 Å². The zero-order valence-corrected chi connectivity index (χ0v) is 17.3. The highest BCUT2D eigenvalue weighted by Crippen LogP contribution is 2.20. The number of pyridine rings is 1. The predicted molar refractivity (Wildman–Crippen MR) is 111 cm³/mol. The molecule has 1 aromatic carbocycles. The van der Waals surface area contributed by atoms with Crippen molar-refractivity contribution >= 4 is 17.5 Å². The van der Waals surface area contributed by atoms with Crippen molar-refractivity contribution in [2.75, 3.05) is 0 Å². The van der Waals surface area contributed by atoms with E-state index in [-0.39, 0.29) is 0 Å². The quantitative estimate of drug-likeness (QED) is 0.422. The number of nitrogens with zero attached hydrogens (tertiary/aromatic N) is 2. The van der Waals surface area contributed by atoms with Gasteiger partial charge in [-0.05, 0) is 31.2 Å². The maximum Gasteiger partial charge on any atom is 0.310 e. The van der Waals surface area contributed by atoms with Crippen LogP contribution in [0.2, 0.25) is 0 Å². The predicted octanol–water partition coefficient (Wildman–Crippen LogP) is 5.46. The molecule has 0 bridgehead atoms. The van der Waals surface area contributed by atoms with E-state index in [4.69, 9.17) is 0 Å². The molecule has 0 radical (unpaired) electrons. The Balaban J connectivity index is 0.000000524. The first-order valence-electron chi connectivity index (χ1n) is 9.16. The van der Waals surface area contributed by atoms with Gasteiger partial charge in [0.05, 0.1) is 11.2 Å². The summed E-state index contributed by atoms with van der Waals surface area (Å²) in [4.78, 5) is 19.6. The van der Waals surface area contributed by atoms with Gasteiger partial charge in [0, 0.05) is 25.6 Å². The van der Waals surface area contributed by atoms with Gasteiger partial charge in [-0.3, -0.25) is 9.59 Å². The van der Waals surface area contributed by atoms with Crippen LogP contribution in [-0.2, 0) is 14.3 Å². The van der Waals surface area contributed by atoms with Gasteiger partial charge in [-0.1, -0.05) is 57.5 Å². The number of esters is 2. The van der Waals surface area contributed by atoms with Crippen molar-refractivity contribution in [2.45, 2.75) is 48.5 Å². The number of ether oxygens (including phenoxy) is 1. The summed E-state index contributed by atoms with van der Waals surface area (Å²) in [6, 6.07) is 16.6. The Labute approximate surface area is 162 Å². The Kier molecular flexibility index (Phi) is 11.8. The first-order valence-corrected chi connectivity index (χ1v) is 9.16. The molecule has 3 aromatic rings. The summed E-state index contributed by atoms with van der Waals surface area (Å²) in [5.41, 5.74) is 4.58. The molecular weight excluding hydrogens is 340 g/mol. The molecule has 0 unspecified atom stereocenters. The minimum absolute atomic E-state index is 0.562. The number of carbonyl (C=O) groups is 2. The van der Waals surface area contributed by atoms with Gasteiger partial charge in [0.2, 0.25) is 0 Å². The molecule has 0 saturated heterocycles. The molecule has 3 rings (SSSR count). The van der Waals surface area contributed by atoms with E-state index >= 15 is 0 Å². The number of rotatable bonds is 1. The lowest BCUT2D eigenvalue weighted by molar-refractivity contribution is -0.156. The lowest BCUT2D eigenvalue weighted by Crippen LogP contribution is -2.03. The third-order valence-electron chi connectivity index (χ3n) is 2.97. The smallest absolute Gasteiger partial charge is 0.310 e. The molecule has 2 aromatic heterocycles. The number of carbonyl (C=O) groups excluding carboxylic acids is 2. The minimum atomic E-state index is -0.562. The van der Waals surface area contributed by atoms with Gasteiger partial charge in [0.15, 0.2) is 0 Å². The molecule has 0 spiro atoms. The van der Waals surface area contributed by atoms with Crippen molar-refractivity contribution < 1.29 is 14.3 Å². The van der Waals surface area contributed by atoms with Crippen LogP contribution in [0.5, 0.6) is 0 Å². The molecule has 27 heavy (non-hydrogen) atoms. The molecule has 0 N–H and O–H groups in total. The Morgan fingerprint density at radius 1 is 0.889 bits per heavy atom. The summed E-state index contributed by atoms with van der Waals surface area (Å²) in [6.07, 6.45) is 1.97. The van der Waals surface area contributed by atoms with E-state index in [1.54, 1.807) is 0 Å². The molecule has 146 valence electrons. The van der Waals surface area contributed by atoms with Gasteiger partial charge in [-0.15, -0.1) is 0 Å². The molecule has 0 aliphatic heterocycles. The van der Waals surface area contributed by atoms with Crippen LogP contribution in [0, 0.1) is 6.92 Å². The van der Waals surface area contributed by atoms with Gasteiger partial charge in [0.1, 0.15) is 0 Å². The number of hydrogen-bond donors (Lipinski definition) is 0. The highest BCUT2D eigenvalue weighted by molar-refractivity contribution is 5.82. The Morgan fingerprint density at radius 3 is 2.00 bits per heavy atom. The first kappa shape index (κ1) is 24.1. The van der Waals surface area contributed by atoms with E-state index in [0.29, 0.717) is 0 Å². The van der Waals surface area contributed by atoms with Gasteiger partial charge in [-0.2, -0.15) is 5.10 Å². The Bertz CT molecular complexity index is 793. The van der Waals surface area contributed by atoms with E-state index in [0.717, 1.165) is 11.2 Å². The highest BCUT2D eigenvalue weighted by Gasteiger charge is 2.03. The molecule has 0 atom stereocenters. The molecular formula is C22H30N2O3. The fourth-order valence-electron chi connectivity index (χ4n) is 2.09. The van der Waals surface area contributed by atoms with Crippen LogP contribution in [-0.4, -0.2) is 21.6 Å².